The highest BCUT2D eigenvalue weighted by Gasteiger charge is 2.38. The Bertz CT molecular complexity index is 445. The average molecular weight is 307 g/mol. The first-order valence-electron chi connectivity index (χ1n) is 8.38. The summed E-state index contributed by atoms with van der Waals surface area (Å²) in [5.74, 6) is 0.847. The highest BCUT2D eigenvalue weighted by atomic mass is 35.5. The molecule has 2 nitrogen and oxygen atoms in total. The van der Waals surface area contributed by atoms with Crippen LogP contribution in [0.15, 0.2) is 24.3 Å². The lowest BCUT2D eigenvalue weighted by Crippen LogP contribution is -2.42. The first-order valence-corrected chi connectivity index (χ1v) is 8.76. The normalized spacial score (nSPS) is 30.5. The zero-order valence-corrected chi connectivity index (χ0v) is 13.9. The van der Waals surface area contributed by atoms with Gasteiger partial charge >= 0.3 is 0 Å². The molecular formula is C18H27ClN2. The number of piperidine rings is 1. The topological polar surface area (TPSA) is 15.3 Å². The Hall–Kier alpha value is -0.570. The van der Waals surface area contributed by atoms with Crippen LogP contribution in [-0.2, 0) is 0 Å². The molecule has 0 radical (unpaired) electrons. The van der Waals surface area contributed by atoms with Crippen molar-refractivity contribution in [3.8, 4) is 0 Å². The zero-order chi connectivity index (χ0) is 14.8. The largest absolute Gasteiger partial charge is 0.310 e. The van der Waals surface area contributed by atoms with E-state index in [1.165, 1.54) is 31.2 Å². The lowest BCUT2D eigenvalue weighted by atomic mass is 9.90. The molecule has 0 saturated carbocycles. The van der Waals surface area contributed by atoms with E-state index in [0.29, 0.717) is 6.04 Å². The van der Waals surface area contributed by atoms with Gasteiger partial charge in [0, 0.05) is 23.1 Å². The quantitative estimate of drug-likeness (QED) is 0.874. The van der Waals surface area contributed by atoms with Gasteiger partial charge in [-0.05, 0) is 69.3 Å². The minimum absolute atomic E-state index is 0.458. The van der Waals surface area contributed by atoms with E-state index >= 15 is 0 Å². The van der Waals surface area contributed by atoms with Crippen LogP contribution >= 0.6 is 11.6 Å². The number of benzene rings is 1. The molecular weight excluding hydrogens is 280 g/mol. The third-order valence-corrected chi connectivity index (χ3v) is 5.78. The van der Waals surface area contributed by atoms with Gasteiger partial charge in [-0.1, -0.05) is 30.7 Å². The van der Waals surface area contributed by atoms with E-state index in [2.05, 4.69) is 36.3 Å². The minimum atomic E-state index is 0.458. The molecule has 2 bridgehead atoms. The van der Waals surface area contributed by atoms with Crippen molar-refractivity contribution >= 4 is 11.6 Å². The Kier molecular flexibility index (Phi) is 4.88. The highest BCUT2D eigenvalue weighted by molar-refractivity contribution is 6.30. The Balaban J connectivity index is 1.55. The number of nitrogens with zero attached hydrogens (tertiary/aromatic N) is 1. The van der Waals surface area contributed by atoms with Gasteiger partial charge in [-0.25, -0.2) is 0 Å². The predicted octanol–water partition coefficient (Wildman–Crippen LogP) is 4.25. The number of halogens is 1. The van der Waals surface area contributed by atoms with Crippen LogP contribution in [-0.4, -0.2) is 30.6 Å². The van der Waals surface area contributed by atoms with E-state index in [9.17, 15) is 0 Å². The van der Waals surface area contributed by atoms with Gasteiger partial charge in [0.1, 0.15) is 0 Å². The maximum absolute atomic E-state index is 5.99. The summed E-state index contributed by atoms with van der Waals surface area (Å²) in [6.07, 6.45) is 6.69. The van der Waals surface area contributed by atoms with Crippen molar-refractivity contribution in [2.24, 2.45) is 5.92 Å². The Morgan fingerprint density at radius 2 is 1.81 bits per heavy atom. The highest BCUT2D eigenvalue weighted by Crippen LogP contribution is 2.37. The fourth-order valence-corrected chi connectivity index (χ4v) is 4.32. The van der Waals surface area contributed by atoms with Crippen LogP contribution in [0.25, 0.3) is 0 Å². The Morgan fingerprint density at radius 1 is 1.19 bits per heavy atom. The van der Waals surface area contributed by atoms with Crippen molar-refractivity contribution in [3.05, 3.63) is 34.9 Å². The van der Waals surface area contributed by atoms with E-state index in [0.717, 1.165) is 36.0 Å². The van der Waals surface area contributed by atoms with Crippen LogP contribution in [0.1, 0.15) is 50.6 Å². The molecule has 2 saturated heterocycles. The lowest BCUT2D eigenvalue weighted by molar-refractivity contribution is 0.131. The third kappa shape index (κ3) is 3.44. The van der Waals surface area contributed by atoms with Gasteiger partial charge < -0.3 is 10.2 Å². The van der Waals surface area contributed by atoms with Crippen LogP contribution in [0.2, 0.25) is 5.02 Å². The van der Waals surface area contributed by atoms with E-state index in [1.807, 2.05) is 12.1 Å². The molecule has 0 aliphatic carbocycles. The summed E-state index contributed by atoms with van der Waals surface area (Å²) in [5, 5.41) is 4.62. The Morgan fingerprint density at radius 3 is 2.38 bits per heavy atom. The molecule has 2 aliphatic rings. The first kappa shape index (κ1) is 15.3. The molecule has 3 rings (SSSR count). The van der Waals surface area contributed by atoms with E-state index in [-0.39, 0.29) is 0 Å². The molecule has 2 fully saturated rings. The monoisotopic (exact) mass is 306 g/mol. The standard InChI is InChI=1S/C18H27ClN2/c1-3-18(14-4-6-15(19)7-5-14)20-12-13-10-16-8-9-17(11-13)21(16)2/h4-7,13,16-18,20H,3,8-12H2,1-2H3. The number of hydrogen-bond acceptors (Lipinski definition) is 2. The molecule has 3 heteroatoms. The fraction of sp³-hybridized carbons (Fsp3) is 0.667. The summed E-state index contributed by atoms with van der Waals surface area (Å²) in [6, 6.07) is 10.4. The van der Waals surface area contributed by atoms with Gasteiger partial charge in [-0.3, -0.25) is 0 Å². The van der Waals surface area contributed by atoms with Crippen LogP contribution in [0.5, 0.6) is 0 Å². The molecule has 2 heterocycles. The molecule has 1 N–H and O–H groups in total. The smallest absolute Gasteiger partial charge is 0.0406 e. The fourth-order valence-electron chi connectivity index (χ4n) is 4.19. The number of hydrogen-bond donors (Lipinski definition) is 1. The van der Waals surface area contributed by atoms with Crippen LogP contribution < -0.4 is 5.32 Å². The molecule has 0 amide bonds. The van der Waals surface area contributed by atoms with Gasteiger partial charge in [0.2, 0.25) is 0 Å². The molecule has 0 spiro atoms. The van der Waals surface area contributed by atoms with Crippen LogP contribution in [0, 0.1) is 5.92 Å². The van der Waals surface area contributed by atoms with Gasteiger partial charge in [0.05, 0.1) is 0 Å². The van der Waals surface area contributed by atoms with Crippen LogP contribution in [0.4, 0.5) is 0 Å². The molecule has 3 unspecified atom stereocenters. The summed E-state index contributed by atoms with van der Waals surface area (Å²) in [4.78, 5) is 2.62. The van der Waals surface area contributed by atoms with Crippen molar-refractivity contribution in [1.82, 2.24) is 10.2 Å². The summed E-state index contributed by atoms with van der Waals surface area (Å²) in [6.45, 7) is 3.41. The van der Waals surface area contributed by atoms with Crippen molar-refractivity contribution in [2.75, 3.05) is 13.6 Å². The van der Waals surface area contributed by atoms with E-state index in [4.69, 9.17) is 11.6 Å². The lowest BCUT2D eigenvalue weighted by Gasteiger charge is -2.37. The summed E-state index contributed by atoms with van der Waals surface area (Å²) in [7, 11) is 2.31. The van der Waals surface area contributed by atoms with Crippen molar-refractivity contribution in [2.45, 2.75) is 57.2 Å². The van der Waals surface area contributed by atoms with Gasteiger partial charge in [0.15, 0.2) is 0 Å². The zero-order valence-electron chi connectivity index (χ0n) is 13.2. The van der Waals surface area contributed by atoms with E-state index in [1.54, 1.807) is 0 Å². The predicted molar refractivity (Wildman–Crippen MR) is 89.8 cm³/mol. The molecule has 3 atom stereocenters. The minimum Gasteiger partial charge on any atom is -0.310 e. The maximum Gasteiger partial charge on any atom is 0.0406 e. The number of fused-ring (bicyclic) bond motifs is 2. The van der Waals surface area contributed by atoms with Crippen molar-refractivity contribution < 1.29 is 0 Å². The molecule has 1 aromatic rings. The molecule has 2 aliphatic heterocycles. The third-order valence-electron chi connectivity index (χ3n) is 5.53. The number of nitrogens with one attached hydrogen (secondary N) is 1. The second-order valence-corrected chi connectivity index (χ2v) is 7.24. The second-order valence-electron chi connectivity index (χ2n) is 6.81. The SMILES string of the molecule is CCC(NCC1CC2CCC(C1)N2C)c1ccc(Cl)cc1. The second kappa shape index (κ2) is 6.68. The summed E-state index contributed by atoms with van der Waals surface area (Å²) in [5.41, 5.74) is 1.36. The molecule has 1 aromatic carbocycles. The van der Waals surface area contributed by atoms with Crippen molar-refractivity contribution in [1.29, 1.82) is 0 Å². The Labute approximate surface area is 133 Å². The summed E-state index contributed by atoms with van der Waals surface area (Å²) >= 11 is 5.99. The number of rotatable bonds is 5. The molecule has 116 valence electrons. The van der Waals surface area contributed by atoms with Gasteiger partial charge in [-0.15, -0.1) is 0 Å². The van der Waals surface area contributed by atoms with Gasteiger partial charge in [-0.2, -0.15) is 0 Å². The molecule has 21 heavy (non-hydrogen) atoms. The summed E-state index contributed by atoms with van der Waals surface area (Å²) < 4.78 is 0. The average Bonchev–Trinajstić information content (AvgIpc) is 2.72. The maximum atomic E-state index is 5.99. The van der Waals surface area contributed by atoms with Crippen LogP contribution in [0.3, 0.4) is 0 Å². The van der Waals surface area contributed by atoms with Gasteiger partial charge in [0.25, 0.3) is 0 Å². The van der Waals surface area contributed by atoms with E-state index < -0.39 is 0 Å². The first-order chi connectivity index (χ1) is 10.2. The molecule has 0 aromatic heterocycles. The van der Waals surface area contributed by atoms with Crippen molar-refractivity contribution in [3.63, 3.8) is 0 Å².